The first-order valence-corrected chi connectivity index (χ1v) is 6.50. The van der Waals surface area contributed by atoms with Crippen LogP contribution >= 0.6 is 22.6 Å². The molecule has 0 aliphatic carbocycles. The van der Waals surface area contributed by atoms with Gasteiger partial charge in [-0.15, -0.1) is 0 Å². The van der Waals surface area contributed by atoms with Gasteiger partial charge in [0.15, 0.2) is 0 Å². The number of hydrogen-bond donors (Lipinski definition) is 2. The molecule has 0 spiro atoms. The summed E-state index contributed by atoms with van der Waals surface area (Å²) in [5.74, 6) is 0.304. The summed E-state index contributed by atoms with van der Waals surface area (Å²) in [6.45, 7) is 10.6. The van der Waals surface area contributed by atoms with E-state index in [0.717, 1.165) is 40.2 Å². The summed E-state index contributed by atoms with van der Waals surface area (Å²) in [4.78, 5) is 2.17. The molecule has 1 aromatic rings. The quantitative estimate of drug-likeness (QED) is 0.811. The monoisotopic (exact) mass is 342 g/mol. The predicted molar refractivity (Wildman–Crippen MR) is 78.6 cm³/mol. The van der Waals surface area contributed by atoms with Gasteiger partial charge in [0.05, 0.1) is 10.1 Å². The SMILES string of the molecule is C=C1CN(C(=C)c2ccc(I)c(O)c2)CCN1. The number of halogens is 1. The molecule has 1 saturated heterocycles. The van der Waals surface area contributed by atoms with E-state index >= 15 is 0 Å². The minimum atomic E-state index is 0.304. The van der Waals surface area contributed by atoms with Gasteiger partial charge in [-0.05, 0) is 34.7 Å². The summed E-state index contributed by atoms with van der Waals surface area (Å²) in [5, 5.41) is 12.9. The average molecular weight is 342 g/mol. The number of rotatable bonds is 2. The van der Waals surface area contributed by atoms with Crippen LogP contribution in [0.5, 0.6) is 5.75 Å². The van der Waals surface area contributed by atoms with E-state index < -0.39 is 0 Å². The number of aromatic hydroxyl groups is 1. The molecule has 1 aromatic carbocycles. The molecule has 0 saturated carbocycles. The zero-order chi connectivity index (χ0) is 12.4. The maximum atomic E-state index is 9.70. The standard InChI is InChI=1S/C13H15IN2O/c1-9-8-16(6-5-15-9)10(2)11-3-4-12(14)13(17)7-11/h3-4,7,15,17H,1-2,5-6,8H2. The third-order valence-electron chi connectivity index (χ3n) is 2.80. The molecule has 90 valence electrons. The number of nitrogens with zero attached hydrogens (tertiary/aromatic N) is 1. The summed E-state index contributed by atoms with van der Waals surface area (Å²) in [7, 11) is 0. The van der Waals surface area contributed by atoms with Crippen LogP contribution < -0.4 is 5.32 Å². The van der Waals surface area contributed by atoms with Crippen LogP contribution in [0.1, 0.15) is 5.56 Å². The predicted octanol–water partition coefficient (Wildman–Crippen LogP) is 2.39. The normalized spacial score (nSPS) is 15.6. The fourth-order valence-corrected chi connectivity index (χ4v) is 2.17. The van der Waals surface area contributed by atoms with Crippen LogP contribution in [-0.2, 0) is 0 Å². The second-order valence-electron chi connectivity index (χ2n) is 4.06. The highest BCUT2D eigenvalue weighted by atomic mass is 127. The van der Waals surface area contributed by atoms with Crippen LogP contribution in [0, 0.1) is 3.57 Å². The zero-order valence-corrected chi connectivity index (χ0v) is 11.7. The van der Waals surface area contributed by atoms with Crippen LogP contribution in [0.4, 0.5) is 0 Å². The second-order valence-corrected chi connectivity index (χ2v) is 5.23. The van der Waals surface area contributed by atoms with Crippen LogP contribution in [0.15, 0.2) is 37.1 Å². The van der Waals surface area contributed by atoms with Crippen LogP contribution in [0.3, 0.4) is 0 Å². The Morgan fingerprint density at radius 1 is 1.47 bits per heavy atom. The number of piperazine rings is 1. The van der Waals surface area contributed by atoms with Crippen LogP contribution in [0.2, 0.25) is 0 Å². The maximum absolute atomic E-state index is 9.70. The Kier molecular flexibility index (Phi) is 3.61. The Morgan fingerprint density at radius 2 is 2.24 bits per heavy atom. The Bertz CT molecular complexity index is 470. The second kappa shape index (κ2) is 5.00. The van der Waals surface area contributed by atoms with Gasteiger partial charge in [-0.25, -0.2) is 0 Å². The van der Waals surface area contributed by atoms with Crippen molar-refractivity contribution in [2.75, 3.05) is 19.6 Å². The molecule has 1 heterocycles. The number of hydrogen-bond acceptors (Lipinski definition) is 3. The van der Waals surface area contributed by atoms with Crippen LogP contribution in [-0.4, -0.2) is 29.6 Å². The van der Waals surface area contributed by atoms with Crippen LogP contribution in [0.25, 0.3) is 5.70 Å². The van der Waals surface area contributed by atoms with E-state index in [1.165, 1.54) is 0 Å². The van der Waals surface area contributed by atoms with Crippen molar-refractivity contribution >= 4 is 28.3 Å². The van der Waals surface area contributed by atoms with E-state index in [2.05, 4.69) is 46.0 Å². The lowest BCUT2D eigenvalue weighted by molar-refractivity contribution is 0.379. The Hall–Kier alpha value is -1.17. The third-order valence-corrected chi connectivity index (χ3v) is 3.71. The third kappa shape index (κ3) is 2.74. The van der Waals surface area contributed by atoms with Crippen molar-refractivity contribution < 1.29 is 5.11 Å². The molecular formula is C13H15IN2O. The van der Waals surface area contributed by atoms with Gasteiger partial charge in [-0.3, -0.25) is 0 Å². The van der Waals surface area contributed by atoms with Gasteiger partial charge in [0.1, 0.15) is 5.75 Å². The van der Waals surface area contributed by atoms with Crippen molar-refractivity contribution in [1.82, 2.24) is 10.2 Å². The molecule has 1 aliphatic heterocycles. The average Bonchev–Trinajstić information content (AvgIpc) is 2.32. The van der Waals surface area contributed by atoms with Gasteiger partial charge in [-0.2, -0.15) is 0 Å². The largest absolute Gasteiger partial charge is 0.507 e. The lowest BCUT2D eigenvalue weighted by Crippen LogP contribution is -2.40. The van der Waals surface area contributed by atoms with Gasteiger partial charge < -0.3 is 15.3 Å². The molecular weight excluding hydrogens is 327 g/mol. The molecule has 0 atom stereocenters. The summed E-state index contributed by atoms with van der Waals surface area (Å²) >= 11 is 2.10. The first-order chi connectivity index (χ1) is 8.08. The zero-order valence-electron chi connectivity index (χ0n) is 9.54. The van der Waals surface area contributed by atoms with E-state index in [9.17, 15) is 5.11 Å². The molecule has 2 rings (SSSR count). The van der Waals surface area contributed by atoms with Crippen molar-refractivity contribution in [3.8, 4) is 5.75 Å². The lowest BCUT2D eigenvalue weighted by Gasteiger charge is -2.32. The van der Waals surface area contributed by atoms with E-state index in [0.29, 0.717) is 5.75 Å². The van der Waals surface area contributed by atoms with Gasteiger partial charge in [0.2, 0.25) is 0 Å². The summed E-state index contributed by atoms with van der Waals surface area (Å²) in [6.07, 6.45) is 0. The number of phenols is 1. The maximum Gasteiger partial charge on any atom is 0.129 e. The topological polar surface area (TPSA) is 35.5 Å². The molecule has 0 amide bonds. The van der Waals surface area contributed by atoms with E-state index in [1.54, 1.807) is 6.07 Å². The Morgan fingerprint density at radius 3 is 2.88 bits per heavy atom. The van der Waals surface area contributed by atoms with Crippen molar-refractivity contribution in [1.29, 1.82) is 0 Å². The molecule has 1 aliphatic rings. The Balaban J connectivity index is 2.18. The van der Waals surface area contributed by atoms with Gasteiger partial charge in [0.25, 0.3) is 0 Å². The molecule has 2 N–H and O–H groups in total. The lowest BCUT2D eigenvalue weighted by atomic mass is 10.1. The molecule has 17 heavy (non-hydrogen) atoms. The summed E-state index contributed by atoms with van der Waals surface area (Å²) in [5.41, 5.74) is 2.89. The highest BCUT2D eigenvalue weighted by Crippen LogP contribution is 2.26. The first kappa shape index (κ1) is 12.3. The van der Waals surface area contributed by atoms with E-state index in [-0.39, 0.29) is 0 Å². The molecule has 3 nitrogen and oxygen atoms in total. The molecule has 0 aromatic heterocycles. The van der Waals surface area contributed by atoms with Crippen molar-refractivity contribution in [3.05, 3.63) is 46.2 Å². The molecule has 0 bridgehead atoms. The Labute approximate surface area is 115 Å². The summed E-state index contributed by atoms with van der Waals surface area (Å²) in [6, 6.07) is 5.64. The first-order valence-electron chi connectivity index (χ1n) is 5.42. The minimum Gasteiger partial charge on any atom is -0.507 e. The van der Waals surface area contributed by atoms with E-state index in [1.807, 2.05) is 12.1 Å². The van der Waals surface area contributed by atoms with Crippen molar-refractivity contribution in [2.45, 2.75) is 0 Å². The molecule has 4 heteroatoms. The van der Waals surface area contributed by atoms with Crippen molar-refractivity contribution in [3.63, 3.8) is 0 Å². The molecule has 0 radical (unpaired) electrons. The minimum absolute atomic E-state index is 0.304. The number of benzene rings is 1. The van der Waals surface area contributed by atoms with Gasteiger partial charge in [-0.1, -0.05) is 19.2 Å². The fraction of sp³-hybridized carbons (Fsp3) is 0.231. The molecule has 0 unspecified atom stereocenters. The summed E-state index contributed by atoms with van der Waals surface area (Å²) < 4.78 is 0.851. The van der Waals surface area contributed by atoms with Crippen molar-refractivity contribution in [2.24, 2.45) is 0 Å². The smallest absolute Gasteiger partial charge is 0.129 e. The highest BCUT2D eigenvalue weighted by molar-refractivity contribution is 14.1. The molecule has 1 fully saturated rings. The highest BCUT2D eigenvalue weighted by Gasteiger charge is 2.15. The van der Waals surface area contributed by atoms with Gasteiger partial charge in [0, 0.05) is 30.0 Å². The van der Waals surface area contributed by atoms with E-state index in [4.69, 9.17) is 0 Å². The number of phenolic OH excluding ortho intramolecular Hbond substituents is 1. The van der Waals surface area contributed by atoms with Gasteiger partial charge >= 0.3 is 0 Å². The number of nitrogens with one attached hydrogen (secondary N) is 1. The fourth-order valence-electron chi connectivity index (χ4n) is 1.84.